The second-order valence-corrected chi connectivity index (χ2v) is 4.91. The molecule has 0 fully saturated rings. The van der Waals surface area contributed by atoms with Crippen molar-refractivity contribution >= 4 is 5.69 Å². The minimum atomic E-state index is -0.617. The van der Waals surface area contributed by atoms with Crippen molar-refractivity contribution in [1.82, 2.24) is 5.43 Å². The van der Waals surface area contributed by atoms with Crippen molar-refractivity contribution in [2.45, 2.75) is 26.3 Å². The molecule has 0 aliphatic carbocycles. The van der Waals surface area contributed by atoms with Crippen LogP contribution >= 0.6 is 0 Å². The van der Waals surface area contributed by atoms with Crippen molar-refractivity contribution < 1.29 is 13.5 Å². The standard InChI is InChI=1S/C17H20F2N2O/c1-2-3-9-22-14-10-16(18)15(17(19)11-14)12-20-21-13-7-5-4-6-8-13/h4-8,10-11,20-21H,2-3,9,12H2,1H3. The van der Waals surface area contributed by atoms with Crippen molar-refractivity contribution in [1.29, 1.82) is 0 Å². The summed E-state index contributed by atoms with van der Waals surface area (Å²) in [6.45, 7) is 2.52. The van der Waals surface area contributed by atoms with Crippen LogP contribution in [-0.4, -0.2) is 6.61 Å². The van der Waals surface area contributed by atoms with Gasteiger partial charge in [-0.3, -0.25) is 0 Å². The fraction of sp³-hybridized carbons (Fsp3) is 0.294. The zero-order chi connectivity index (χ0) is 15.8. The van der Waals surface area contributed by atoms with Gasteiger partial charge in [-0.05, 0) is 18.6 Å². The molecule has 3 nitrogen and oxygen atoms in total. The third kappa shape index (κ3) is 4.70. The van der Waals surface area contributed by atoms with Crippen LogP contribution in [0.2, 0.25) is 0 Å². The molecule has 0 atom stereocenters. The van der Waals surface area contributed by atoms with E-state index in [1.54, 1.807) is 0 Å². The molecule has 0 aliphatic rings. The third-order valence-corrected chi connectivity index (χ3v) is 3.15. The molecule has 2 aromatic rings. The third-order valence-electron chi connectivity index (χ3n) is 3.15. The monoisotopic (exact) mass is 306 g/mol. The quantitative estimate of drug-likeness (QED) is 0.565. The van der Waals surface area contributed by atoms with Crippen molar-refractivity contribution in [3.05, 3.63) is 59.7 Å². The maximum Gasteiger partial charge on any atom is 0.134 e. The second kappa shape index (κ2) is 8.34. The van der Waals surface area contributed by atoms with E-state index < -0.39 is 11.6 Å². The van der Waals surface area contributed by atoms with Crippen molar-refractivity contribution in [3.8, 4) is 5.75 Å². The molecule has 0 spiro atoms. The summed E-state index contributed by atoms with van der Waals surface area (Å²) in [7, 11) is 0. The SMILES string of the molecule is CCCCOc1cc(F)c(CNNc2ccccc2)c(F)c1. The predicted octanol–water partition coefficient (Wildman–Crippen LogP) is 4.26. The van der Waals surface area contributed by atoms with E-state index in [-0.39, 0.29) is 17.9 Å². The van der Waals surface area contributed by atoms with Gasteiger partial charge in [-0.1, -0.05) is 31.5 Å². The van der Waals surface area contributed by atoms with Gasteiger partial charge in [-0.2, -0.15) is 0 Å². The van der Waals surface area contributed by atoms with Crippen LogP contribution in [0.25, 0.3) is 0 Å². The molecule has 2 rings (SSSR count). The number of para-hydroxylation sites is 1. The van der Waals surface area contributed by atoms with E-state index in [1.807, 2.05) is 37.3 Å². The first kappa shape index (κ1) is 16.2. The van der Waals surface area contributed by atoms with Crippen LogP contribution in [0.1, 0.15) is 25.3 Å². The summed E-state index contributed by atoms with van der Waals surface area (Å²) in [4.78, 5) is 0. The molecule has 0 heterocycles. The number of halogens is 2. The van der Waals surface area contributed by atoms with Crippen LogP contribution in [0.4, 0.5) is 14.5 Å². The molecule has 0 saturated carbocycles. The van der Waals surface area contributed by atoms with Gasteiger partial charge in [0, 0.05) is 29.9 Å². The van der Waals surface area contributed by atoms with Gasteiger partial charge in [0.25, 0.3) is 0 Å². The smallest absolute Gasteiger partial charge is 0.134 e. The largest absolute Gasteiger partial charge is 0.493 e. The number of hydrogen-bond donors (Lipinski definition) is 2. The molecular weight excluding hydrogens is 286 g/mol. The van der Waals surface area contributed by atoms with Gasteiger partial charge < -0.3 is 10.2 Å². The Labute approximate surface area is 129 Å². The van der Waals surface area contributed by atoms with E-state index in [1.165, 1.54) is 12.1 Å². The second-order valence-electron chi connectivity index (χ2n) is 4.91. The van der Waals surface area contributed by atoms with E-state index >= 15 is 0 Å². The Kier molecular flexibility index (Phi) is 6.15. The lowest BCUT2D eigenvalue weighted by Crippen LogP contribution is -2.22. The highest BCUT2D eigenvalue weighted by Gasteiger charge is 2.11. The van der Waals surface area contributed by atoms with Crippen molar-refractivity contribution in [2.24, 2.45) is 0 Å². The summed E-state index contributed by atoms with van der Waals surface area (Å²) in [5, 5.41) is 0. The molecule has 0 bridgehead atoms. The summed E-state index contributed by atoms with van der Waals surface area (Å²) >= 11 is 0. The molecule has 2 aromatic carbocycles. The highest BCUT2D eigenvalue weighted by atomic mass is 19.1. The van der Waals surface area contributed by atoms with Crippen LogP contribution in [0.15, 0.2) is 42.5 Å². The molecule has 5 heteroatoms. The molecule has 22 heavy (non-hydrogen) atoms. The van der Waals surface area contributed by atoms with Gasteiger partial charge in [0.15, 0.2) is 0 Å². The van der Waals surface area contributed by atoms with Gasteiger partial charge in [0.2, 0.25) is 0 Å². The predicted molar refractivity (Wildman–Crippen MR) is 83.7 cm³/mol. The Balaban J connectivity index is 1.93. The normalized spacial score (nSPS) is 10.5. The number of unbranched alkanes of at least 4 members (excludes halogenated alkanes) is 1. The van der Waals surface area contributed by atoms with E-state index in [9.17, 15) is 8.78 Å². The summed E-state index contributed by atoms with van der Waals surface area (Å²) in [5.74, 6) is -1.01. The molecule has 0 amide bonds. The number of benzene rings is 2. The van der Waals surface area contributed by atoms with Gasteiger partial charge >= 0.3 is 0 Å². The molecule has 0 saturated heterocycles. The maximum atomic E-state index is 14.0. The number of nitrogens with one attached hydrogen (secondary N) is 2. The number of hydrogen-bond acceptors (Lipinski definition) is 3. The summed E-state index contributed by atoms with van der Waals surface area (Å²) in [6.07, 6.45) is 1.83. The summed E-state index contributed by atoms with van der Waals surface area (Å²) in [5.41, 5.74) is 6.49. The van der Waals surface area contributed by atoms with Gasteiger partial charge in [-0.25, -0.2) is 14.2 Å². The lowest BCUT2D eigenvalue weighted by Gasteiger charge is -2.12. The minimum absolute atomic E-state index is 0.0220. The molecule has 2 N–H and O–H groups in total. The molecule has 0 radical (unpaired) electrons. The average Bonchev–Trinajstić information content (AvgIpc) is 2.51. The Hall–Kier alpha value is -2.14. The van der Waals surface area contributed by atoms with Crippen LogP contribution in [0.5, 0.6) is 5.75 Å². The first-order valence-electron chi connectivity index (χ1n) is 7.35. The van der Waals surface area contributed by atoms with Crippen LogP contribution in [-0.2, 0) is 6.54 Å². The van der Waals surface area contributed by atoms with Crippen LogP contribution in [0, 0.1) is 11.6 Å². The number of hydrazine groups is 1. The first-order chi connectivity index (χ1) is 10.7. The van der Waals surface area contributed by atoms with Crippen molar-refractivity contribution in [2.75, 3.05) is 12.0 Å². The Morgan fingerprint density at radius 1 is 1.05 bits per heavy atom. The lowest BCUT2D eigenvalue weighted by atomic mass is 10.2. The molecule has 0 unspecified atom stereocenters. The maximum absolute atomic E-state index is 14.0. The zero-order valence-electron chi connectivity index (χ0n) is 12.5. The topological polar surface area (TPSA) is 33.3 Å². The van der Waals surface area contributed by atoms with Gasteiger partial charge in [0.1, 0.15) is 17.4 Å². The fourth-order valence-electron chi connectivity index (χ4n) is 1.92. The average molecular weight is 306 g/mol. The van der Waals surface area contributed by atoms with E-state index in [2.05, 4.69) is 10.9 Å². The van der Waals surface area contributed by atoms with Crippen LogP contribution in [0.3, 0.4) is 0 Å². The number of anilines is 1. The Morgan fingerprint density at radius 3 is 2.36 bits per heavy atom. The minimum Gasteiger partial charge on any atom is -0.493 e. The first-order valence-corrected chi connectivity index (χ1v) is 7.35. The number of ether oxygens (including phenoxy) is 1. The Bertz CT molecular complexity index is 567. The van der Waals surface area contributed by atoms with E-state index in [4.69, 9.17) is 4.74 Å². The zero-order valence-corrected chi connectivity index (χ0v) is 12.5. The van der Waals surface area contributed by atoms with E-state index in [0.29, 0.717) is 6.61 Å². The van der Waals surface area contributed by atoms with Crippen LogP contribution < -0.4 is 15.6 Å². The molecule has 118 valence electrons. The molecule has 0 aromatic heterocycles. The highest BCUT2D eigenvalue weighted by Crippen LogP contribution is 2.21. The molecular formula is C17H20F2N2O. The Morgan fingerprint density at radius 2 is 1.73 bits per heavy atom. The van der Waals surface area contributed by atoms with Crippen molar-refractivity contribution in [3.63, 3.8) is 0 Å². The lowest BCUT2D eigenvalue weighted by molar-refractivity contribution is 0.305. The summed E-state index contributed by atoms with van der Waals surface area (Å²) in [6, 6.07) is 11.8. The fourth-order valence-corrected chi connectivity index (χ4v) is 1.92. The van der Waals surface area contributed by atoms with E-state index in [0.717, 1.165) is 18.5 Å². The van der Waals surface area contributed by atoms with Gasteiger partial charge in [-0.15, -0.1) is 0 Å². The highest BCUT2D eigenvalue weighted by molar-refractivity contribution is 5.41. The molecule has 0 aliphatic heterocycles. The number of rotatable bonds is 8. The van der Waals surface area contributed by atoms with Gasteiger partial charge in [0.05, 0.1) is 6.61 Å². The summed E-state index contributed by atoms with van der Waals surface area (Å²) < 4.78 is 33.2.